The summed E-state index contributed by atoms with van der Waals surface area (Å²) in [4.78, 5) is 28.7. The Morgan fingerprint density at radius 2 is 1.41 bits per heavy atom. The Morgan fingerprint density at radius 3 is 2.19 bits per heavy atom. The predicted octanol–water partition coefficient (Wildman–Crippen LogP) is 5.11. The van der Waals surface area contributed by atoms with Crippen LogP contribution in [0.4, 0.5) is 0 Å². The van der Waals surface area contributed by atoms with Gasteiger partial charge in [0, 0.05) is 37.3 Å². The molecule has 3 aromatic rings. The highest BCUT2D eigenvalue weighted by Crippen LogP contribution is 2.17. The lowest BCUT2D eigenvalue weighted by atomic mass is 10.00. The summed E-state index contributed by atoms with van der Waals surface area (Å²) < 4.78 is 0. The molecule has 1 aromatic heterocycles. The van der Waals surface area contributed by atoms with Gasteiger partial charge in [0.05, 0.1) is 5.52 Å². The van der Waals surface area contributed by atoms with Crippen LogP contribution in [0, 0.1) is 0 Å². The van der Waals surface area contributed by atoms with Gasteiger partial charge in [-0.15, -0.1) is 0 Å². The standard InChI is InChI=1S/C24H25NO2/c26-22(17-19-9-3-1-4-10-19)14-5-2-6-15-23(27)18-21-12-7-11-20-13-8-16-25-24(20)21/h1,3-4,7-13,16H,2,5-6,14-15,17-18H2. The number of nitrogens with zero attached hydrogens (tertiary/aromatic N) is 1. The zero-order valence-corrected chi connectivity index (χ0v) is 15.6. The lowest BCUT2D eigenvalue weighted by Crippen LogP contribution is -2.05. The Labute approximate surface area is 160 Å². The van der Waals surface area contributed by atoms with Crippen LogP contribution >= 0.6 is 0 Å². The second-order valence-electron chi connectivity index (χ2n) is 6.97. The van der Waals surface area contributed by atoms with E-state index in [1.165, 1.54) is 0 Å². The Bertz CT molecular complexity index is 897. The summed E-state index contributed by atoms with van der Waals surface area (Å²) in [6, 6.07) is 19.7. The zero-order chi connectivity index (χ0) is 18.9. The maximum absolute atomic E-state index is 12.3. The third-order valence-corrected chi connectivity index (χ3v) is 4.76. The molecule has 0 N–H and O–H groups in total. The first-order valence-electron chi connectivity index (χ1n) is 9.62. The Balaban J connectivity index is 1.37. The average Bonchev–Trinajstić information content (AvgIpc) is 2.69. The van der Waals surface area contributed by atoms with E-state index in [1.54, 1.807) is 6.20 Å². The smallest absolute Gasteiger partial charge is 0.137 e. The van der Waals surface area contributed by atoms with E-state index < -0.39 is 0 Å². The van der Waals surface area contributed by atoms with Crippen LogP contribution in [-0.2, 0) is 22.4 Å². The van der Waals surface area contributed by atoms with E-state index in [2.05, 4.69) is 4.98 Å². The second-order valence-corrected chi connectivity index (χ2v) is 6.97. The number of benzene rings is 2. The maximum Gasteiger partial charge on any atom is 0.137 e. The molecule has 138 valence electrons. The highest BCUT2D eigenvalue weighted by molar-refractivity contribution is 5.88. The molecule has 3 heteroatoms. The number of ketones is 2. The molecule has 0 saturated carbocycles. The first-order valence-corrected chi connectivity index (χ1v) is 9.62. The Hall–Kier alpha value is -2.81. The van der Waals surface area contributed by atoms with E-state index in [1.807, 2.05) is 60.7 Å². The van der Waals surface area contributed by atoms with E-state index in [-0.39, 0.29) is 11.6 Å². The normalized spacial score (nSPS) is 10.8. The molecular weight excluding hydrogens is 334 g/mol. The number of para-hydroxylation sites is 1. The number of hydrogen-bond donors (Lipinski definition) is 0. The molecule has 1 heterocycles. The lowest BCUT2D eigenvalue weighted by molar-refractivity contribution is -0.118. The third kappa shape index (κ3) is 5.85. The predicted molar refractivity (Wildman–Crippen MR) is 109 cm³/mol. The molecule has 0 bridgehead atoms. The molecule has 0 saturated heterocycles. The van der Waals surface area contributed by atoms with Crippen molar-refractivity contribution in [3.05, 3.63) is 78.0 Å². The van der Waals surface area contributed by atoms with Gasteiger partial charge in [-0.05, 0) is 30.0 Å². The summed E-state index contributed by atoms with van der Waals surface area (Å²) in [5, 5.41) is 1.07. The average molecular weight is 359 g/mol. The van der Waals surface area contributed by atoms with E-state index in [4.69, 9.17) is 0 Å². The van der Waals surface area contributed by atoms with Crippen molar-refractivity contribution in [2.24, 2.45) is 0 Å². The lowest BCUT2D eigenvalue weighted by Gasteiger charge is -2.05. The van der Waals surface area contributed by atoms with Crippen molar-refractivity contribution in [2.75, 3.05) is 0 Å². The van der Waals surface area contributed by atoms with Crippen molar-refractivity contribution in [2.45, 2.75) is 44.9 Å². The van der Waals surface area contributed by atoms with Crippen molar-refractivity contribution >= 4 is 22.5 Å². The van der Waals surface area contributed by atoms with Gasteiger partial charge in [0.1, 0.15) is 11.6 Å². The molecule has 0 fully saturated rings. The number of carbonyl (C=O) groups excluding carboxylic acids is 2. The van der Waals surface area contributed by atoms with Gasteiger partial charge in [0.15, 0.2) is 0 Å². The minimum absolute atomic E-state index is 0.240. The first-order chi connectivity index (χ1) is 13.2. The Morgan fingerprint density at radius 1 is 0.704 bits per heavy atom. The molecular formula is C24H25NO2. The number of carbonyl (C=O) groups is 2. The van der Waals surface area contributed by atoms with Crippen LogP contribution in [0.15, 0.2) is 66.9 Å². The number of rotatable bonds is 10. The Kier molecular flexibility index (Phi) is 6.86. The highest BCUT2D eigenvalue weighted by Gasteiger charge is 2.08. The minimum atomic E-state index is 0.240. The van der Waals surface area contributed by atoms with Gasteiger partial charge < -0.3 is 0 Å². The van der Waals surface area contributed by atoms with Crippen LogP contribution in [-0.4, -0.2) is 16.6 Å². The van der Waals surface area contributed by atoms with E-state index in [0.29, 0.717) is 25.7 Å². The molecule has 0 spiro atoms. The van der Waals surface area contributed by atoms with Crippen molar-refractivity contribution in [3.8, 4) is 0 Å². The van der Waals surface area contributed by atoms with Gasteiger partial charge in [0.25, 0.3) is 0 Å². The number of hydrogen-bond acceptors (Lipinski definition) is 3. The van der Waals surface area contributed by atoms with Crippen LogP contribution < -0.4 is 0 Å². The molecule has 0 aliphatic rings. The fourth-order valence-corrected chi connectivity index (χ4v) is 3.34. The largest absolute Gasteiger partial charge is 0.299 e. The third-order valence-electron chi connectivity index (χ3n) is 4.76. The van der Waals surface area contributed by atoms with Crippen LogP contribution in [0.25, 0.3) is 10.9 Å². The molecule has 0 atom stereocenters. The van der Waals surface area contributed by atoms with Crippen LogP contribution in [0.1, 0.15) is 43.2 Å². The van der Waals surface area contributed by atoms with Crippen molar-refractivity contribution in [1.82, 2.24) is 4.98 Å². The zero-order valence-electron chi connectivity index (χ0n) is 15.6. The molecule has 0 unspecified atom stereocenters. The van der Waals surface area contributed by atoms with Crippen molar-refractivity contribution in [1.29, 1.82) is 0 Å². The maximum atomic E-state index is 12.3. The summed E-state index contributed by atoms with van der Waals surface area (Å²) in [7, 11) is 0. The minimum Gasteiger partial charge on any atom is -0.299 e. The van der Waals surface area contributed by atoms with Crippen LogP contribution in [0.2, 0.25) is 0 Å². The number of aromatic nitrogens is 1. The summed E-state index contributed by atoms with van der Waals surface area (Å²) in [6.45, 7) is 0. The molecule has 0 radical (unpaired) electrons. The number of Topliss-reactive ketones (excluding diaryl/α,β-unsaturated/α-hetero) is 2. The van der Waals surface area contributed by atoms with Gasteiger partial charge >= 0.3 is 0 Å². The fraction of sp³-hybridized carbons (Fsp3) is 0.292. The van der Waals surface area contributed by atoms with Crippen LogP contribution in [0.3, 0.4) is 0 Å². The van der Waals surface area contributed by atoms with Gasteiger partial charge in [0.2, 0.25) is 0 Å². The molecule has 0 aliphatic heterocycles. The summed E-state index contributed by atoms with van der Waals surface area (Å²) in [5.74, 6) is 0.512. The first kappa shape index (κ1) is 19.0. The molecule has 0 amide bonds. The molecule has 27 heavy (non-hydrogen) atoms. The quantitative estimate of drug-likeness (QED) is 0.473. The molecule has 3 rings (SSSR count). The van der Waals surface area contributed by atoms with Crippen LogP contribution in [0.5, 0.6) is 0 Å². The van der Waals surface area contributed by atoms with Crippen molar-refractivity contribution < 1.29 is 9.59 Å². The number of unbranched alkanes of at least 4 members (excludes halogenated alkanes) is 2. The number of pyridine rings is 1. The van der Waals surface area contributed by atoms with E-state index in [0.717, 1.165) is 41.3 Å². The van der Waals surface area contributed by atoms with Gasteiger partial charge in [-0.1, -0.05) is 61.0 Å². The van der Waals surface area contributed by atoms with E-state index >= 15 is 0 Å². The van der Waals surface area contributed by atoms with Gasteiger partial charge in [-0.2, -0.15) is 0 Å². The van der Waals surface area contributed by atoms with Gasteiger partial charge in [-0.3, -0.25) is 14.6 Å². The number of fused-ring (bicyclic) bond motifs is 1. The molecule has 2 aromatic carbocycles. The summed E-state index contributed by atoms with van der Waals surface area (Å²) in [6.07, 6.45) is 6.48. The fourth-order valence-electron chi connectivity index (χ4n) is 3.34. The van der Waals surface area contributed by atoms with Crippen molar-refractivity contribution in [3.63, 3.8) is 0 Å². The molecule has 3 nitrogen and oxygen atoms in total. The highest BCUT2D eigenvalue weighted by atomic mass is 16.1. The van der Waals surface area contributed by atoms with E-state index in [9.17, 15) is 9.59 Å². The topological polar surface area (TPSA) is 47.0 Å². The summed E-state index contributed by atoms with van der Waals surface area (Å²) >= 11 is 0. The monoisotopic (exact) mass is 359 g/mol. The molecule has 0 aliphatic carbocycles. The second kappa shape index (κ2) is 9.77. The SMILES string of the molecule is O=C(CCCCCC(=O)Cc1cccc2cccnc12)Cc1ccccc1. The summed E-state index contributed by atoms with van der Waals surface area (Å²) in [5.41, 5.74) is 2.98. The van der Waals surface area contributed by atoms with Gasteiger partial charge in [-0.25, -0.2) is 0 Å².